The number of hydrogen-bond donors (Lipinski definition) is 2. The van der Waals surface area contributed by atoms with Crippen LogP contribution in [0.3, 0.4) is 0 Å². The van der Waals surface area contributed by atoms with E-state index in [1.165, 1.54) is 25.3 Å². The molecule has 0 saturated carbocycles. The number of furan rings is 1. The Kier molecular flexibility index (Phi) is 7.15. The zero-order chi connectivity index (χ0) is 25.7. The first-order valence-electron chi connectivity index (χ1n) is 10.9. The number of nitrogens with one attached hydrogen (secondary N) is 2. The highest BCUT2D eigenvalue weighted by Gasteiger charge is 2.34. The van der Waals surface area contributed by atoms with Crippen LogP contribution in [0.15, 0.2) is 70.8 Å². The van der Waals surface area contributed by atoms with E-state index in [4.69, 9.17) is 9.15 Å². The molecule has 0 radical (unpaired) electrons. The second-order valence-corrected chi connectivity index (χ2v) is 7.88. The maximum Gasteiger partial charge on any atom is 0.373 e. The molecule has 36 heavy (non-hydrogen) atoms. The molecule has 0 bridgehead atoms. The van der Waals surface area contributed by atoms with Crippen molar-refractivity contribution in [3.8, 4) is 5.75 Å². The molecule has 3 aromatic rings. The largest absolute Gasteiger partial charge is 0.483 e. The third-order valence-corrected chi connectivity index (χ3v) is 5.24. The van der Waals surface area contributed by atoms with Gasteiger partial charge in [0.1, 0.15) is 17.2 Å². The normalized spacial score (nSPS) is 14.1. The van der Waals surface area contributed by atoms with Gasteiger partial charge in [-0.05, 0) is 43.3 Å². The van der Waals surface area contributed by atoms with Crippen molar-refractivity contribution in [1.82, 2.24) is 10.2 Å². The van der Waals surface area contributed by atoms with E-state index in [0.29, 0.717) is 17.0 Å². The van der Waals surface area contributed by atoms with E-state index < -0.39 is 17.9 Å². The van der Waals surface area contributed by atoms with Gasteiger partial charge in [-0.3, -0.25) is 14.5 Å². The minimum Gasteiger partial charge on any atom is -0.483 e. The molecule has 1 aromatic heterocycles. The van der Waals surface area contributed by atoms with Crippen molar-refractivity contribution in [2.24, 2.45) is 0 Å². The van der Waals surface area contributed by atoms with Crippen LogP contribution >= 0.6 is 0 Å². The predicted octanol–water partition coefficient (Wildman–Crippen LogP) is 3.49. The first-order chi connectivity index (χ1) is 17.3. The van der Waals surface area contributed by atoms with Crippen LogP contribution in [0.25, 0.3) is 6.08 Å². The predicted molar refractivity (Wildman–Crippen MR) is 129 cm³/mol. The molecule has 1 saturated heterocycles. The standard InChI is InChI=1S/C26H23N3O7/c1-16-7-9-18(10-8-16)27-23(30)15-35-21-6-4-3-5-17(21)13-20-24(31)29(26(33)28-20)14-19-11-12-22(36-19)25(32)34-2/h3-13H,14-15H2,1-2H3,(H,27,30)(H,28,33). The van der Waals surface area contributed by atoms with Crippen LogP contribution in [-0.4, -0.2) is 42.4 Å². The van der Waals surface area contributed by atoms with Crippen LogP contribution < -0.4 is 15.4 Å². The molecule has 1 aliphatic rings. The summed E-state index contributed by atoms with van der Waals surface area (Å²) in [6.07, 6.45) is 1.47. The van der Waals surface area contributed by atoms with Crippen LogP contribution in [0.5, 0.6) is 5.75 Å². The van der Waals surface area contributed by atoms with E-state index in [1.807, 2.05) is 19.1 Å². The Bertz CT molecular complexity index is 1340. The van der Waals surface area contributed by atoms with Gasteiger partial charge in [-0.25, -0.2) is 9.59 Å². The monoisotopic (exact) mass is 489 g/mol. The number of carbonyl (C=O) groups excluding carboxylic acids is 4. The summed E-state index contributed by atoms with van der Waals surface area (Å²) in [5.41, 5.74) is 2.25. The molecule has 10 nitrogen and oxygen atoms in total. The number of carbonyl (C=O) groups is 4. The van der Waals surface area contributed by atoms with Crippen LogP contribution in [0.1, 0.15) is 27.4 Å². The molecule has 4 amide bonds. The number of anilines is 1. The number of para-hydroxylation sites is 1. The SMILES string of the molecule is COC(=O)c1ccc(CN2C(=O)NC(=Cc3ccccc3OCC(=O)Nc3ccc(C)cc3)C2=O)o1. The summed E-state index contributed by atoms with van der Waals surface area (Å²) in [6, 6.07) is 16.4. The second kappa shape index (κ2) is 10.6. The van der Waals surface area contributed by atoms with Crippen LogP contribution in [0, 0.1) is 6.92 Å². The van der Waals surface area contributed by atoms with Gasteiger partial charge < -0.3 is 24.5 Å². The number of rotatable bonds is 8. The number of esters is 1. The zero-order valence-electron chi connectivity index (χ0n) is 19.6. The molecule has 0 aliphatic carbocycles. The Morgan fingerprint density at radius 1 is 1.06 bits per heavy atom. The lowest BCUT2D eigenvalue weighted by Crippen LogP contribution is -2.30. The second-order valence-electron chi connectivity index (χ2n) is 7.88. The van der Waals surface area contributed by atoms with Gasteiger partial charge in [0.25, 0.3) is 11.8 Å². The number of benzene rings is 2. The fraction of sp³-hybridized carbons (Fsp3) is 0.154. The topological polar surface area (TPSA) is 127 Å². The van der Waals surface area contributed by atoms with E-state index in [-0.39, 0.29) is 36.3 Å². The summed E-state index contributed by atoms with van der Waals surface area (Å²) in [5, 5.41) is 5.27. The van der Waals surface area contributed by atoms with Crippen molar-refractivity contribution in [1.29, 1.82) is 0 Å². The highest BCUT2D eigenvalue weighted by molar-refractivity contribution is 6.14. The molecule has 10 heteroatoms. The number of aryl methyl sites for hydroxylation is 1. The third kappa shape index (κ3) is 5.61. The van der Waals surface area contributed by atoms with Gasteiger partial charge in [-0.1, -0.05) is 35.9 Å². The Labute approximate surface area is 206 Å². The maximum atomic E-state index is 12.9. The van der Waals surface area contributed by atoms with E-state index in [2.05, 4.69) is 15.4 Å². The van der Waals surface area contributed by atoms with Gasteiger partial charge >= 0.3 is 12.0 Å². The summed E-state index contributed by atoms with van der Waals surface area (Å²) in [7, 11) is 1.22. The summed E-state index contributed by atoms with van der Waals surface area (Å²) >= 11 is 0. The van der Waals surface area contributed by atoms with Crippen LogP contribution in [-0.2, 0) is 20.9 Å². The van der Waals surface area contributed by atoms with Gasteiger partial charge in [0, 0.05) is 11.3 Å². The van der Waals surface area contributed by atoms with Gasteiger partial charge in [-0.2, -0.15) is 0 Å². The molecule has 0 atom stereocenters. The Morgan fingerprint density at radius 2 is 1.81 bits per heavy atom. The molecule has 2 N–H and O–H groups in total. The summed E-state index contributed by atoms with van der Waals surface area (Å²) in [6.45, 7) is 1.53. The molecule has 0 spiro atoms. The van der Waals surface area contributed by atoms with E-state index >= 15 is 0 Å². The number of nitrogens with zero attached hydrogens (tertiary/aromatic N) is 1. The van der Waals surface area contributed by atoms with Crippen LogP contribution in [0.4, 0.5) is 10.5 Å². The summed E-state index contributed by atoms with van der Waals surface area (Å²) in [4.78, 5) is 50.1. The first-order valence-corrected chi connectivity index (χ1v) is 10.9. The highest BCUT2D eigenvalue weighted by atomic mass is 16.5. The van der Waals surface area contributed by atoms with Crippen molar-refractivity contribution in [3.63, 3.8) is 0 Å². The van der Waals surface area contributed by atoms with Crippen molar-refractivity contribution in [3.05, 3.63) is 89.0 Å². The Balaban J connectivity index is 1.42. The highest BCUT2D eigenvalue weighted by Crippen LogP contribution is 2.24. The summed E-state index contributed by atoms with van der Waals surface area (Å²) < 4.78 is 15.6. The Hall–Kier alpha value is -4.86. The number of ether oxygens (including phenoxy) is 2. The summed E-state index contributed by atoms with van der Waals surface area (Å²) in [5.74, 6) is -1.02. The minimum atomic E-state index is -0.664. The molecule has 0 unspecified atom stereocenters. The van der Waals surface area contributed by atoms with Gasteiger partial charge in [0.05, 0.1) is 13.7 Å². The number of urea groups is 1. The van der Waals surface area contributed by atoms with Gasteiger partial charge in [0.15, 0.2) is 6.61 Å². The van der Waals surface area contributed by atoms with Gasteiger partial charge in [-0.15, -0.1) is 0 Å². The van der Waals surface area contributed by atoms with Crippen molar-refractivity contribution >= 4 is 35.6 Å². The van der Waals surface area contributed by atoms with Crippen molar-refractivity contribution in [2.75, 3.05) is 19.0 Å². The molecular weight excluding hydrogens is 466 g/mol. The number of amides is 4. The molecule has 1 aliphatic heterocycles. The van der Waals surface area contributed by atoms with Crippen molar-refractivity contribution < 1.29 is 33.1 Å². The molecule has 184 valence electrons. The third-order valence-electron chi connectivity index (χ3n) is 5.24. The smallest absolute Gasteiger partial charge is 0.373 e. The lowest BCUT2D eigenvalue weighted by molar-refractivity contribution is -0.123. The average molecular weight is 489 g/mol. The molecular formula is C26H23N3O7. The van der Waals surface area contributed by atoms with Crippen LogP contribution in [0.2, 0.25) is 0 Å². The lowest BCUT2D eigenvalue weighted by atomic mass is 10.1. The number of imide groups is 1. The maximum absolute atomic E-state index is 12.9. The lowest BCUT2D eigenvalue weighted by Gasteiger charge is -2.10. The molecule has 2 heterocycles. The van der Waals surface area contributed by atoms with Crippen molar-refractivity contribution in [2.45, 2.75) is 13.5 Å². The van der Waals surface area contributed by atoms with Gasteiger partial charge in [0.2, 0.25) is 5.76 Å². The Morgan fingerprint density at radius 3 is 2.56 bits per heavy atom. The molecule has 1 fully saturated rings. The number of hydrogen-bond acceptors (Lipinski definition) is 7. The zero-order valence-corrected chi connectivity index (χ0v) is 19.6. The fourth-order valence-electron chi connectivity index (χ4n) is 3.41. The molecule has 4 rings (SSSR count). The minimum absolute atomic E-state index is 0.0277. The number of methoxy groups -OCH3 is 1. The first kappa shape index (κ1) is 24.3. The quantitative estimate of drug-likeness (QED) is 0.282. The van der Waals surface area contributed by atoms with E-state index in [9.17, 15) is 19.2 Å². The average Bonchev–Trinajstić information content (AvgIpc) is 3.45. The van der Waals surface area contributed by atoms with E-state index in [0.717, 1.165) is 10.5 Å². The molecule has 2 aromatic carbocycles. The van der Waals surface area contributed by atoms with E-state index in [1.54, 1.807) is 36.4 Å². The fourth-order valence-corrected chi connectivity index (χ4v) is 3.41.